The van der Waals surface area contributed by atoms with Crippen LogP contribution >= 0.6 is 15.9 Å². The van der Waals surface area contributed by atoms with Crippen LogP contribution in [0.1, 0.15) is 10.4 Å². The van der Waals surface area contributed by atoms with Crippen molar-refractivity contribution in [2.45, 2.75) is 6.04 Å². The standard InChI is InChI=1S/C11H10BrF2NO2/c12-6-1-2-7(13)9(10(6)14)11(16)8-5-17-4-3-15-8/h1-2,8,15H,3-5H2. The van der Waals surface area contributed by atoms with Gasteiger partial charge in [-0.15, -0.1) is 0 Å². The molecular formula is C11H10BrF2NO2. The zero-order valence-electron chi connectivity index (χ0n) is 8.80. The molecule has 1 heterocycles. The van der Waals surface area contributed by atoms with Gasteiger partial charge in [0.2, 0.25) is 0 Å². The molecule has 1 aromatic carbocycles. The number of hydrogen-bond acceptors (Lipinski definition) is 3. The molecule has 1 atom stereocenters. The SMILES string of the molecule is O=C(c1c(F)ccc(Br)c1F)C1COCCN1. The van der Waals surface area contributed by atoms with E-state index >= 15 is 0 Å². The molecule has 0 spiro atoms. The first kappa shape index (κ1) is 12.6. The van der Waals surface area contributed by atoms with Crippen molar-refractivity contribution < 1.29 is 18.3 Å². The van der Waals surface area contributed by atoms with Crippen molar-refractivity contribution >= 4 is 21.7 Å². The number of ketones is 1. The van der Waals surface area contributed by atoms with Gasteiger partial charge >= 0.3 is 0 Å². The van der Waals surface area contributed by atoms with E-state index in [-0.39, 0.29) is 11.1 Å². The van der Waals surface area contributed by atoms with Crippen molar-refractivity contribution in [2.24, 2.45) is 0 Å². The average Bonchev–Trinajstić information content (AvgIpc) is 2.35. The lowest BCUT2D eigenvalue weighted by atomic mass is 10.0. The third-order valence-corrected chi connectivity index (χ3v) is 3.14. The van der Waals surface area contributed by atoms with E-state index in [1.54, 1.807) is 0 Å². The van der Waals surface area contributed by atoms with E-state index in [0.717, 1.165) is 6.07 Å². The van der Waals surface area contributed by atoms with Crippen LogP contribution in [-0.4, -0.2) is 31.6 Å². The molecule has 1 aliphatic heterocycles. The Morgan fingerprint density at radius 1 is 1.47 bits per heavy atom. The molecule has 0 aromatic heterocycles. The largest absolute Gasteiger partial charge is 0.378 e. The Balaban J connectivity index is 2.32. The molecule has 0 aliphatic carbocycles. The second-order valence-electron chi connectivity index (χ2n) is 3.66. The molecule has 6 heteroatoms. The van der Waals surface area contributed by atoms with Crippen LogP contribution in [0.5, 0.6) is 0 Å². The number of halogens is 3. The summed E-state index contributed by atoms with van der Waals surface area (Å²) in [6.45, 7) is 1.12. The third kappa shape index (κ3) is 2.53. The zero-order valence-corrected chi connectivity index (χ0v) is 10.4. The molecule has 1 N–H and O–H groups in total. The fourth-order valence-electron chi connectivity index (χ4n) is 1.66. The molecule has 2 rings (SSSR count). The molecule has 1 aliphatic rings. The van der Waals surface area contributed by atoms with Gasteiger partial charge in [-0.3, -0.25) is 4.79 Å². The fourth-order valence-corrected chi connectivity index (χ4v) is 1.99. The molecule has 0 amide bonds. The summed E-state index contributed by atoms with van der Waals surface area (Å²) in [5, 5.41) is 2.87. The van der Waals surface area contributed by atoms with Crippen molar-refractivity contribution in [3.8, 4) is 0 Å². The lowest BCUT2D eigenvalue weighted by molar-refractivity contribution is 0.0601. The lowest BCUT2D eigenvalue weighted by Crippen LogP contribution is -2.47. The number of rotatable bonds is 2. The summed E-state index contributed by atoms with van der Waals surface area (Å²) in [5.74, 6) is -2.36. The van der Waals surface area contributed by atoms with Gasteiger partial charge in [0.25, 0.3) is 0 Å². The summed E-state index contributed by atoms with van der Waals surface area (Å²) in [6.07, 6.45) is 0. The Bertz CT molecular complexity index is 447. The van der Waals surface area contributed by atoms with Crippen molar-refractivity contribution in [1.82, 2.24) is 5.32 Å². The maximum absolute atomic E-state index is 13.7. The average molecular weight is 306 g/mol. The summed E-state index contributed by atoms with van der Waals surface area (Å²) in [5.41, 5.74) is -0.526. The van der Waals surface area contributed by atoms with Gasteiger partial charge in [0.15, 0.2) is 11.6 Å². The summed E-state index contributed by atoms with van der Waals surface area (Å²) >= 11 is 2.93. The third-order valence-electron chi connectivity index (χ3n) is 2.53. The second kappa shape index (κ2) is 5.20. The highest BCUT2D eigenvalue weighted by Gasteiger charge is 2.28. The molecule has 92 valence electrons. The molecule has 1 saturated heterocycles. The molecule has 1 unspecified atom stereocenters. The molecule has 0 saturated carbocycles. The smallest absolute Gasteiger partial charge is 0.188 e. The van der Waals surface area contributed by atoms with Crippen molar-refractivity contribution in [2.75, 3.05) is 19.8 Å². The van der Waals surface area contributed by atoms with Gasteiger partial charge in [-0.1, -0.05) is 0 Å². The molecule has 0 radical (unpaired) electrons. The van der Waals surface area contributed by atoms with Gasteiger partial charge in [0.1, 0.15) is 5.82 Å². The number of ether oxygens (including phenoxy) is 1. The predicted octanol–water partition coefficient (Wildman–Crippen LogP) is 1.90. The number of carbonyl (C=O) groups is 1. The Hall–Kier alpha value is -0.850. The minimum Gasteiger partial charge on any atom is -0.378 e. The Kier molecular flexibility index (Phi) is 3.86. The first-order chi connectivity index (χ1) is 8.11. The molecule has 1 fully saturated rings. The van der Waals surface area contributed by atoms with Crippen molar-refractivity contribution in [3.05, 3.63) is 33.8 Å². The minimum atomic E-state index is -0.873. The van der Waals surface area contributed by atoms with Gasteiger partial charge in [-0.2, -0.15) is 0 Å². The van der Waals surface area contributed by atoms with Gasteiger partial charge in [0, 0.05) is 6.54 Å². The molecular weight excluding hydrogens is 296 g/mol. The van der Waals surface area contributed by atoms with E-state index in [2.05, 4.69) is 21.2 Å². The van der Waals surface area contributed by atoms with Gasteiger partial charge in [0.05, 0.1) is 29.3 Å². The summed E-state index contributed by atoms with van der Waals surface area (Å²) in [7, 11) is 0. The number of carbonyl (C=O) groups excluding carboxylic acids is 1. The number of hydrogen-bond donors (Lipinski definition) is 1. The van der Waals surface area contributed by atoms with Crippen LogP contribution in [0.25, 0.3) is 0 Å². The maximum Gasteiger partial charge on any atom is 0.188 e. The van der Waals surface area contributed by atoms with E-state index in [1.807, 2.05) is 0 Å². The second-order valence-corrected chi connectivity index (χ2v) is 4.52. The van der Waals surface area contributed by atoms with Gasteiger partial charge in [-0.05, 0) is 28.1 Å². The lowest BCUT2D eigenvalue weighted by Gasteiger charge is -2.23. The maximum atomic E-state index is 13.7. The first-order valence-electron chi connectivity index (χ1n) is 5.10. The van der Waals surface area contributed by atoms with E-state index in [4.69, 9.17) is 4.74 Å². The number of morpholine rings is 1. The van der Waals surface area contributed by atoms with Crippen molar-refractivity contribution in [3.63, 3.8) is 0 Å². The van der Waals surface area contributed by atoms with Crippen LogP contribution in [0.2, 0.25) is 0 Å². The number of Topliss-reactive ketones (excluding diaryl/α,β-unsaturated/α-hetero) is 1. The topological polar surface area (TPSA) is 38.3 Å². The minimum absolute atomic E-state index is 0.0685. The molecule has 1 aromatic rings. The Morgan fingerprint density at radius 3 is 2.88 bits per heavy atom. The first-order valence-corrected chi connectivity index (χ1v) is 5.89. The van der Waals surface area contributed by atoms with Crippen molar-refractivity contribution in [1.29, 1.82) is 0 Å². The quantitative estimate of drug-likeness (QED) is 0.670. The molecule has 17 heavy (non-hydrogen) atoms. The summed E-state index contributed by atoms with van der Waals surface area (Å²) < 4.78 is 32.3. The summed E-state index contributed by atoms with van der Waals surface area (Å²) in [4.78, 5) is 12.0. The fraction of sp³-hybridized carbons (Fsp3) is 0.364. The highest BCUT2D eigenvalue weighted by molar-refractivity contribution is 9.10. The van der Waals surface area contributed by atoms with Crippen LogP contribution < -0.4 is 5.32 Å². The van der Waals surface area contributed by atoms with E-state index in [1.165, 1.54) is 6.07 Å². The van der Waals surface area contributed by atoms with E-state index < -0.39 is 29.0 Å². The highest BCUT2D eigenvalue weighted by atomic mass is 79.9. The van der Waals surface area contributed by atoms with Crippen LogP contribution in [-0.2, 0) is 4.74 Å². The number of benzene rings is 1. The van der Waals surface area contributed by atoms with Crippen LogP contribution in [0.15, 0.2) is 16.6 Å². The summed E-state index contributed by atoms with van der Waals surface area (Å²) in [6, 6.07) is 1.60. The van der Waals surface area contributed by atoms with Gasteiger partial charge in [-0.25, -0.2) is 8.78 Å². The predicted molar refractivity (Wildman–Crippen MR) is 61.0 cm³/mol. The normalized spacial score (nSPS) is 20.3. The van der Waals surface area contributed by atoms with Gasteiger partial charge < -0.3 is 10.1 Å². The van der Waals surface area contributed by atoms with E-state index in [0.29, 0.717) is 13.2 Å². The van der Waals surface area contributed by atoms with Crippen LogP contribution in [0.3, 0.4) is 0 Å². The Labute approximate surface area is 105 Å². The van der Waals surface area contributed by atoms with Crippen LogP contribution in [0, 0.1) is 11.6 Å². The molecule has 3 nitrogen and oxygen atoms in total. The van der Waals surface area contributed by atoms with E-state index in [9.17, 15) is 13.6 Å². The Morgan fingerprint density at radius 2 is 2.24 bits per heavy atom. The number of nitrogens with one attached hydrogen (secondary N) is 1. The van der Waals surface area contributed by atoms with Crippen LogP contribution in [0.4, 0.5) is 8.78 Å². The monoisotopic (exact) mass is 305 g/mol. The molecule has 0 bridgehead atoms. The zero-order chi connectivity index (χ0) is 12.4. The highest BCUT2D eigenvalue weighted by Crippen LogP contribution is 2.23.